The van der Waals surface area contributed by atoms with Gasteiger partial charge in [0.15, 0.2) is 5.78 Å². The van der Waals surface area contributed by atoms with E-state index in [4.69, 9.17) is 0 Å². The Balaban J connectivity index is 2.28. The third-order valence-electron chi connectivity index (χ3n) is 2.35. The van der Waals surface area contributed by atoms with Gasteiger partial charge in [-0.15, -0.1) is 6.58 Å². The molecule has 1 nitrogen and oxygen atoms in total. The second-order valence-corrected chi connectivity index (χ2v) is 3.95. The lowest BCUT2D eigenvalue weighted by atomic mass is 10.0. The highest BCUT2D eigenvalue weighted by Gasteiger charge is 2.03. The first-order valence-corrected chi connectivity index (χ1v) is 5.43. The largest absolute Gasteiger partial charge is 0.294 e. The van der Waals surface area contributed by atoms with Gasteiger partial charge in [0.25, 0.3) is 0 Å². The van der Waals surface area contributed by atoms with Crippen LogP contribution in [-0.4, -0.2) is 5.78 Å². The maximum atomic E-state index is 11.7. The van der Waals surface area contributed by atoms with Gasteiger partial charge in [0.05, 0.1) is 0 Å². The fraction of sp³-hybridized carbons (Fsp3) is 0.357. The number of hydrogen-bond donors (Lipinski definition) is 0. The minimum absolute atomic E-state index is 0.248. The predicted octanol–water partition coefficient (Wildman–Crippen LogP) is 4.01. The zero-order valence-electron chi connectivity index (χ0n) is 9.33. The second kappa shape index (κ2) is 6.18. The number of carbonyl (C=O) groups is 1. The first kappa shape index (κ1) is 11.7. The van der Waals surface area contributed by atoms with Crippen LogP contribution in [0.5, 0.6) is 0 Å². The third kappa shape index (κ3) is 4.59. The Morgan fingerprint density at radius 3 is 2.33 bits per heavy atom. The van der Waals surface area contributed by atoms with Crippen LogP contribution >= 0.6 is 0 Å². The maximum absolute atomic E-state index is 11.7. The van der Waals surface area contributed by atoms with Crippen molar-refractivity contribution in [3.05, 3.63) is 48.0 Å². The Bertz CT molecular complexity index is 324. The highest BCUT2D eigenvalue weighted by atomic mass is 16.1. The molecular weight excluding hydrogens is 184 g/mol. The Morgan fingerprint density at radius 2 is 1.73 bits per heavy atom. The highest BCUT2D eigenvalue weighted by molar-refractivity contribution is 5.95. The molecule has 15 heavy (non-hydrogen) atoms. The summed E-state index contributed by atoms with van der Waals surface area (Å²) in [6.45, 7) is 5.87. The molecular formula is C14H18O. The SMILES string of the molecule is C=C(C)CCCCC(=O)c1ccccc1. The van der Waals surface area contributed by atoms with Crippen LogP contribution < -0.4 is 0 Å². The summed E-state index contributed by atoms with van der Waals surface area (Å²) in [5, 5.41) is 0. The molecule has 0 radical (unpaired) electrons. The average molecular weight is 202 g/mol. The molecule has 0 N–H and O–H groups in total. The standard InChI is InChI=1S/C14H18O/c1-12(2)8-6-7-11-14(15)13-9-4-3-5-10-13/h3-5,9-10H,1,6-8,11H2,2H3. The number of benzene rings is 1. The second-order valence-electron chi connectivity index (χ2n) is 3.95. The van der Waals surface area contributed by atoms with Gasteiger partial charge in [-0.25, -0.2) is 0 Å². The van der Waals surface area contributed by atoms with Crippen molar-refractivity contribution < 1.29 is 4.79 Å². The van der Waals surface area contributed by atoms with Crippen molar-refractivity contribution in [1.82, 2.24) is 0 Å². The van der Waals surface area contributed by atoms with E-state index in [1.54, 1.807) is 0 Å². The van der Waals surface area contributed by atoms with E-state index in [1.165, 1.54) is 5.57 Å². The summed E-state index contributed by atoms with van der Waals surface area (Å²) >= 11 is 0. The van der Waals surface area contributed by atoms with E-state index in [-0.39, 0.29) is 5.78 Å². The molecule has 1 heteroatoms. The van der Waals surface area contributed by atoms with Crippen molar-refractivity contribution in [2.24, 2.45) is 0 Å². The van der Waals surface area contributed by atoms with Crippen LogP contribution in [0, 0.1) is 0 Å². The van der Waals surface area contributed by atoms with E-state index in [0.717, 1.165) is 24.8 Å². The molecule has 0 heterocycles. The molecule has 0 saturated heterocycles. The van der Waals surface area contributed by atoms with Crippen LogP contribution in [0.3, 0.4) is 0 Å². The fourth-order valence-electron chi connectivity index (χ4n) is 1.48. The van der Waals surface area contributed by atoms with Crippen molar-refractivity contribution in [1.29, 1.82) is 0 Å². The molecule has 80 valence electrons. The molecule has 0 aliphatic heterocycles. The molecule has 0 aliphatic carbocycles. The van der Waals surface area contributed by atoms with Crippen LogP contribution in [0.4, 0.5) is 0 Å². The summed E-state index contributed by atoms with van der Waals surface area (Å²) in [7, 11) is 0. The van der Waals surface area contributed by atoms with Gasteiger partial charge in [-0.2, -0.15) is 0 Å². The van der Waals surface area contributed by atoms with E-state index in [2.05, 4.69) is 6.58 Å². The number of rotatable bonds is 6. The summed E-state index contributed by atoms with van der Waals surface area (Å²) < 4.78 is 0. The molecule has 1 aromatic rings. The van der Waals surface area contributed by atoms with Gasteiger partial charge in [0, 0.05) is 12.0 Å². The summed E-state index contributed by atoms with van der Waals surface area (Å²) in [5.41, 5.74) is 2.02. The molecule has 0 amide bonds. The molecule has 0 aromatic heterocycles. The molecule has 0 unspecified atom stereocenters. The topological polar surface area (TPSA) is 17.1 Å². The van der Waals surface area contributed by atoms with Gasteiger partial charge in [0.1, 0.15) is 0 Å². The van der Waals surface area contributed by atoms with Gasteiger partial charge in [-0.05, 0) is 26.2 Å². The number of allylic oxidation sites excluding steroid dienone is 1. The average Bonchev–Trinajstić information content (AvgIpc) is 2.25. The van der Waals surface area contributed by atoms with E-state index < -0.39 is 0 Å². The molecule has 0 spiro atoms. The lowest BCUT2D eigenvalue weighted by Gasteiger charge is -2.01. The van der Waals surface area contributed by atoms with Crippen LogP contribution in [0.25, 0.3) is 0 Å². The van der Waals surface area contributed by atoms with Crippen molar-refractivity contribution in [3.63, 3.8) is 0 Å². The van der Waals surface area contributed by atoms with Gasteiger partial charge in [0.2, 0.25) is 0 Å². The normalized spacial score (nSPS) is 9.93. The zero-order chi connectivity index (χ0) is 11.1. The molecule has 1 aromatic carbocycles. The van der Waals surface area contributed by atoms with Crippen molar-refractivity contribution >= 4 is 5.78 Å². The molecule has 0 bridgehead atoms. The summed E-state index contributed by atoms with van der Waals surface area (Å²) in [6.07, 6.45) is 3.70. The smallest absolute Gasteiger partial charge is 0.162 e. The molecule has 1 rings (SSSR count). The summed E-state index contributed by atoms with van der Waals surface area (Å²) in [6, 6.07) is 9.49. The minimum Gasteiger partial charge on any atom is -0.294 e. The molecule has 0 saturated carbocycles. The van der Waals surface area contributed by atoms with Crippen molar-refractivity contribution in [2.75, 3.05) is 0 Å². The Morgan fingerprint density at radius 1 is 1.13 bits per heavy atom. The first-order chi connectivity index (χ1) is 7.20. The number of hydrogen-bond acceptors (Lipinski definition) is 1. The highest BCUT2D eigenvalue weighted by Crippen LogP contribution is 2.10. The maximum Gasteiger partial charge on any atom is 0.162 e. The lowest BCUT2D eigenvalue weighted by molar-refractivity contribution is 0.0979. The predicted molar refractivity (Wildman–Crippen MR) is 64.1 cm³/mol. The van der Waals surface area contributed by atoms with Gasteiger partial charge >= 0.3 is 0 Å². The number of carbonyl (C=O) groups excluding carboxylic acids is 1. The summed E-state index contributed by atoms with van der Waals surface area (Å²) in [4.78, 5) is 11.7. The minimum atomic E-state index is 0.248. The zero-order valence-corrected chi connectivity index (χ0v) is 9.33. The monoisotopic (exact) mass is 202 g/mol. The van der Waals surface area contributed by atoms with Crippen molar-refractivity contribution in [2.45, 2.75) is 32.6 Å². The molecule has 0 aliphatic rings. The molecule has 0 atom stereocenters. The fourth-order valence-corrected chi connectivity index (χ4v) is 1.48. The van der Waals surface area contributed by atoms with E-state index in [0.29, 0.717) is 6.42 Å². The number of Topliss-reactive ketones (excluding diaryl/α,β-unsaturated/α-hetero) is 1. The summed E-state index contributed by atoms with van der Waals surface area (Å²) in [5.74, 6) is 0.248. The Hall–Kier alpha value is -1.37. The molecule has 0 fully saturated rings. The number of unbranched alkanes of at least 4 members (excludes halogenated alkanes) is 1. The van der Waals surface area contributed by atoms with Crippen LogP contribution in [0.2, 0.25) is 0 Å². The van der Waals surface area contributed by atoms with Gasteiger partial charge in [-0.1, -0.05) is 35.9 Å². The van der Waals surface area contributed by atoms with E-state index in [1.807, 2.05) is 37.3 Å². The van der Waals surface area contributed by atoms with Gasteiger partial charge < -0.3 is 0 Å². The quantitative estimate of drug-likeness (QED) is 0.387. The van der Waals surface area contributed by atoms with Crippen LogP contribution in [0.1, 0.15) is 43.0 Å². The van der Waals surface area contributed by atoms with Crippen LogP contribution in [-0.2, 0) is 0 Å². The lowest BCUT2D eigenvalue weighted by Crippen LogP contribution is -1.98. The van der Waals surface area contributed by atoms with E-state index >= 15 is 0 Å². The Kier molecular flexibility index (Phi) is 4.82. The first-order valence-electron chi connectivity index (χ1n) is 5.43. The van der Waals surface area contributed by atoms with Crippen LogP contribution in [0.15, 0.2) is 42.5 Å². The van der Waals surface area contributed by atoms with Gasteiger partial charge in [-0.3, -0.25) is 4.79 Å². The Labute approximate surface area is 91.8 Å². The van der Waals surface area contributed by atoms with Crippen molar-refractivity contribution in [3.8, 4) is 0 Å². The third-order valence-corrected chi connectivity index (χ3v) is 2.35. The number of ketones is 1. The van der Waals surface area contributed by atoms with E-state index in [9.17, 15) is 4.79 Å².